The first kappa shape index (κ1) is 16.6. The van der Waals surface area contributed by atoms with Crippen molar-refractivity contribution in [1.82, 2.24) is 4.90 Å². The Morgan fingerprint density at radius 2 is 2.09 bits per heavy atom. The van der Waals surface area contributed by atoms with E-state index in [2.05, 4.69) is 6.58 Å². The topological polar surface area (TPSA) is 55.6 Å². The third-order valence-corrected chi connectivity index (χ3v) is 4.16. The second-order valence-corrected chi connectivity index (χ2v) is 5.75. The van der Waals surface area contributed by atoms with E-state index in [-0.39, 0.29) is 17.9 Å². The molecule has 2 unspecified atom stereocenters. The van der Waals surface area contributed by atoms with E-state index in [1.165, 1.54) is 0 Å². The number of likely N-dealkylation sites (tertiary alicyclic amines) is 1. The van der Waals surface area contributed by atoms with E-state index in [0.717, 1.165) is 38.0 Å². The van der Waals surface area contributed by atoms with Crippen LogP contribution in [0.3, 0.4) is 0 Å². The lowest BCUT2D eigenvalue weighted by atomic mass is 10.0. The molecule has 2 N–H and O–H groups in total. The lowest BCUT2D eigenvalue weighted by Gasteiger charge is -2.23. The predicted octanol–water partition coefficient (Wildman–Crippen LogP) is 2.60. The quantitative estimate of drug-likeness (QED) is 0.563. The van der Waals surface area contributed by atoms with Crippen molar-refractivity contribution in [3.05, 3.63) is 43.0 Å². The molecule has 1 amide bonds. The van der Waals surface area contributed by atoms with E-state index < -0.39 is 0 Å². The fourth-order valence-electron chi connectivity index (χ4n) is 2.98. The number of ether oxygens (including phenoxy) is 1. The Morgan fingerprint density at radius 1 is 1.32 bits per heavy atom. The fourth-order valence-corrected chi connectivity index (χ4v) is 2.98. The van der Waals surface area contributed by atoms with Crippen LogP contribution in [0, 0.1) is 5.92 Å². The average molecular weight is 302 g/mol. The van der Waals surface area contributed by atoms with Crippen molar-refractivity contribution in [2.75, 3.05) is 19.7 Å². The van der Waals surface area contributed by atoms with Crippen molar-refractivity contribution in [2.45, 2.75) is 31.7 Å². The van der Waals surface area contributed by atoms with E-state index in [9.17, 15) is 4.79 Å². The molecule has 1 aliphatic heterocycles. The van der Waals surface area contributed by atoms with Crippen molar-refractivity contribution in [1.29, 1.82) is 0 Å². The number of nitrogens with zero attached hydrogens (tertiary/aromatic N) is 1. The molecule has 4 nitrogen and oxygen atoms in total. The van der Waals surface area contributed by atoms with Crippen molar-refractivity contribution in [2.24, 2.45) is 11.7 Å². The average Bonchev–Trinajstić information content (AvgIpc) is 2.84. The minimum absolute atomic E-state index is 0.0756. The van der Waals surface area contributed by atoms with Gasteiger partial charge in [0, 0.05) is 25.0 Å². The van der Waals surface area contributed by atoms with Gasteiger partial charge in [0.15, 0.2) is 0 Å². The minimum atomic E-state index is 0.0756. The van der Waals surface area contributed by atoms with Crippen molar-refractivity contribution in [3.63, 3.8) is 0 Å². The molecule has 0 radical (unpaired) electrons. The molecule has 0 bridgehead atoms. The molecule has 0 aromatic heterocycles. The summed E-state index contributed by atoms with van der Waals surface area (Å²) in [6.07, 6.45) is 5.32. The van der Waals surface area contributed by atoms with Crippen LogP contribution in [0.4, 0.5) is 0 Å². The highest BCUT2D eigenvalue weighted by Crippen LogP contribution is 2.27. The number of hydrogen-bond acceptors (Lipinski definition) is 3. The van der Waals surface area contributed by atoms with Crippen LogP contribution in [0.25, 0.3) is 0 Å². The third kappa shape index (κ3) is 4.34. The zero-order chi connectivity index (χ0) is 15.8. The molecule has 0 aliphatic carbocycles. The molecule has 1 fully saturated rings. The Morgan fingerprint density at radius 3 is 2.77 bits per heavy atom. The predicted molar refractivity (Wildman–Crippen MR) is 88.6 cm³/mol. The van der Waals surface area contributed by atoms with Crippen LogP contribution in [0.5, 0.6) is 5.75 Å². The van der Waals surface area contributed by atoms with Gasteiger partial charge in [0.05, 0.1) is 6.61 Å². The van der Waals surface area contributed by atoms with E-state index >= 15 is 0 Å². The maximum Gasteiger partial charge on any atom is 0.226 e. The normalized spacial score (nSPS) is 21.1. The Kier molecular flexibility index (Phi) is 6.46. The zero-order valence-electron chi connectivity index (χ0n) is 13.1. The van der Waals surface area contributed by atoms with Crippen LogP contribution < -0.4 is 10.5 Å². The maximum atomic E-state index is 12.3. The third-order valence-electron chi connectivity index (χ3n) is 4.16. The van der Waals surface area contributed by atoms with Gasteiger partial charge in [0.25, 0.3) is 0 Å². The fraction of sp³-hybridized carbons (Fsp3) is 0.500. The van der Waals surface area contributed by atoms with E-state index in [1.807, 2.05) is 41.3 Å². The summed E-state index contributed by atoms with van der Waals surface area (Å²) in [5.41, 5.74) is 5.81. The number of unbranched alkanes of at least 4 members (excludes halogenated alkanes) is 1. The number of nitrogens with two attached hydrogens (primary N) is 1. The van der Waals surface area contributed by atoms with Crippen LogP contribution in [-0.4, -0.2) is 36.5 Å². The van der Waals surface area contributed by atoms with Crippen molar-refractivity contribution >= 4 is 5.91 Å². The number of rotatable bonds is 9. The number of carbonyl (C=O) groups is 1. The first-order valence-corrected chi connectivity index (χ1v) is 8.05. The summed E-state index contributed by atoms with van der Waals surface area (Å²) < 4.78 is 5.67. The maximum absolute atomic E-state index is 12.3. The van der Waals surface area contributed by atoms with Gasteiger partial charge in [0.1, 0.15) is 5.75 Å². The molecule has 1 aromatic rings. The van der Waals surface area contributed by atoms with E-state index in [0.29, 0.717) is 13.2 Å². The Labute approximate surface area is 132 Å². The molecular formula is C18H26N2O2. The number of amides is 1. The van der Waals surface area contributed by atoms with Crippen molar-refractivity contribution in [3.8, 4) is 5.75 Å². The summed E-state index contributed by atoms with van der Waals surface area (Å²) >= 11 is 0. The van der Waals surface area contributed by atoms with Crippen LogP contribution in [0.2, 0.25) is 0 Å². The van der Waals surface area contributed by atoms with Crippen molar-refractivity contribution < 1.29 is 9.53 Å². The first-order valence-electron chi connectivity index (χ1n) is 8.05. The molecule has 1 aliphatic rings. The molecule has 4 heteroatoms. The molecule has 0 spiro atoms. The van der Waals surface area contributed by atoms with Gasteiger partial charge >= 0.3 is 0 Å². The molecule has 2 rings (SSSR count). The molecule has 1 heterocycles. The van der Waals surface area contributed by atoms with Gasteiger partial charge in [-0.3, -0.25) is 4.79 Å². The van der Waals surface area contributed by atoms with E-state index in [4.69, 9.17) is 10.5 Å². The minimum Gasteiger partial charge on any atom is -0.494 e. The first-order chi connectivity index (χ1) is 10.8. The summed E-state index contributed by atoms with van der Waals surface area (Å²) in [4.78, 5) is 14.3. The number of allylic oxidation sites excluding steroid dienone is 1. The molecule has 1 saturated heterocycles. The van der Waals surface area contributed by atoms with Gasteiger partial charge in [-0.15, -0.1) is 6.58 Å². The second kappa shape index (κ2) is 8.59. The molecule has 120 valence electrons. The van der Waals surface area contributed by atoms with Gasteiger partial charge in [0.2, 0.25) is 5.91 Å². The van der Waals surface area contributed by atoms with Crippen LogP contribution in [0.1, 0.15) is 25.7 Å². The van der Waals surface area contributed by atoms with Crippen LogP contribution in [-0.2, 0) is 4.79 Å². The van der Waals surface area contributed by atoms with E-state index in [1.54, 1.807) is 0 Å². The van der Waals surface area contributed by atoms with Gasteiger partial charge < -0.3 is 15.4 Å². The van der Waals surface area contributed by atoms with Gasteiger partial charge in [-0.2, -0.15) is 0 Å². The molecule has 2 atom stereocenters. The number of para-hydroxylation sites is 1. The lowest BCUT2D eigenvalue weighted by Crippen LogP contribution is -2.39. The molecular weight excluding hydrogens is 276 g/mol. The SMILES string of the molecule is C=CCC1CC(CN)N(CCCCOc2ccccc2)C1=O. The highest BCUT2D eigenvalue weighted by atomic mass is 16.5. The summed E-state index contributed by atoms with van der Waals surface area (Å²) in [6.45, 7) is 5.72. The summed E-state index contributed by atoms with van der Waals surface area (Å²) in [5.74, 6) is 1.21. The Bertz CT molecular complexity index is 475. The smallest absolute Gasteiger partial charge is 0.226 e. The zero-order valence-corrected chi connectivity index (χ0v) is 13.1. The molecule has 0 saturated carbocycles. The molecule has 1 aromatic carbocycles. The van der Waals surface area contributed by atoms with Crippen LogP contribution >= 0.6 is 0 Å². The van der Waals surface area contributed by atoms with Gasteiger partial charge in [-0.1, -0.05) is 24.3 Å². The van der Waals surface area contributed by atoms with Gasteiger partial charge in [-0.05, 0) is 37.8 Å². The second-order valence-electron chi connectivity index (χ2n) is 5.75. The highest BCUT2D eigenvalue weighted by molar-refractivity contribution is 5.81. The summed E-state index contributed by atoms with van der Waals surface area (Å²) in [6, 6.07) is 9.99. The van der Waals surface area contributed by atoms with Gasteiger partial charge in [-0.25, -0.2) is 0 Å². The highest BCUT2D eigenvalue weighted by Gasteiger charge is 2.37. The number of hydrogen-bond donors (Lipinski definition) is 1. The lowest BCUT2D eigenvalue weighted by molar-refractivity contribution is -0.131. The standard InChI is InChI=1S/C18H26N2O2/c1-2-8-15-13-16(14-19)20(18(15)21)11-6-7-12-22-17-9-4-3-5-10-17/h2-5,9-10,15-16H,1,6-8,11-14,19H2. The largest absolute Gasteiger partial charge is 0.494 e. The Hall–Kier alpha value is -1.81. The van der Waals surface area contributed by atoms with Crippen LogP contribution in [0.15, 0.2) is 43.0 Å². The number of benzene rings is 1. The summed E-state index contributed by atoms with van der Waals surface area (Å²) in [7, 11) is 0. The molecule has 22 heavy (non-hydrogen) atoms. The number of carbonyl (C=O) groups excluding carboxylic acids is 1. The monoisotopic (exact) mass is 302 g/mol. The summed E-state index contributed by atoms with van der Waals surface area (Å²) in [5, 5.41) is 0. The Balaban J connectivity index is 1.71.